The molecular weight excluding hydrogens is 258 g/mol. The van der Waals surface area contributed by atoms with Crippen molar-refractivity contribution in [1.29, 1.82) is 0 Å². The summed E-state index contributed by atoms with van der Waals surface area (Å²) in [4.78, 5) is 2.35. The van der Waals surface area contributed by atoms with Crippen molar-refractivity contribution in [3.05, 3.63) is 59.7 Å². The van der Waals surface area contributed by atoms with E-state index in [2.05, 4.69) is 60.6 Å². The fraction of sp³-hybridized carbons (Fsp3) is 0.333. The minimum absolute atomic E-state index is 0.827. The van der Waals surface area contributed by atoms with Gasteiger partial charge in [-0.05, 0) is 44.1 Å². The SMILES string of the molecule is Cc1cccc(N)c1NCCCN(C)Cc1ccccc1. The Balaban J connectivity index is 1.72. The molecule has 0 saturated heterocycles. The Hall–Kier alpha value is -2.00. The van der Waals surface area contributed by atoms with Crippen LogP contribution in [0.25, 0.3) is 0 Å². The normalized spacial score (nSPS) is 10.8. The average molecular weight is 283 g/mol. The second kappa shape index (κ2) is 7.70. The molecule has 0 unspecified atom stereocenters. The first-order valence-corrected chi connectivity index (χ1v) is 7.48. The number of nitrogens with zero attached hydrogens (tertiary/aromatic N) is 1. The topological polar surface area (TPSA) is 41.3 Å². The Kier molecular flexibility index (Phi) is 5.64. The second-order valence-electron chi connectivity index (χ2n) is 5.54. The summed E-state index contributed by atoms with van der Waals surface area (Å²) in [5, 5.41) is 3.45. The van der Waals surface area contributed by atoms with Gasteiger partial charge in [0.25, 0.3) is 0 Å². The van der Waals surface area contributed by atoms with Crippen LogP contribution in [-0.2, 0) is 6.54 Å². The third-order valence-electron chi connectivity index (χ3n) is 3.62. The highest BCUT2D eigenvalue weighted by atomic mass is 15.1. The number of nitrogens with one attached hydrogen (secondary N) is 1. The number of rotatable bonds is 7. The van der Waals surface area contributed by atoms with Crippen molar-refractivity contribution in [2.24, 2.45) is 0 Å². The molecule has 0 fully saturated rings. The second-order valence-corrected chi connectivity index (χ2v) is 5.54. The van der Waals surface area contributed by atoms with Gasteiger partial charge in [0.2, 0.25) is 0 Å². The quantitative estimate of drug-likeness (QED) is 0.603. The number of anilines is 2. The Labute approximate surface area is 127 Å². The summed E-state index contributed by atoms with van der Waals surface area (Å²) in [7, 11) is 2.16. The molecule has 2 aromatic rings. The van der Waals surface area contributed by atoms with Gasteiger partial charge in [-0.25, -0.2) is 0 Å². The van der Waals surface area contributed by atoms with E-state index in [1.165, 1.54) is 11.1 Å². The van der Waals surface area contributed by atoms with Crippen LogP contribution in [-0.4, -0.2) is 25.0 Å². The Morgan fingerprint density at radius 1 is 1.05 bits per heavy atom. The fourth-order valence-corrected chi connectivity index (χ4v) is 2.47. The summed E-state index contributed by atoms with van der Waals surface area (Å²) in [6, 6.07) is 16.6. The van der Waals surface area contributed by atoms with Gasteiger partial charge < -0.3 is 16.0 Å². The van der Waals surface area contributed by atoms with Gasteiger partial charge in [0.05, 0.1) is 11.4 Å². The number of para-hydroxylation sites is 1. The molecule has 0 spiro atoms. The van der Waals surface area contributed by atoms with Gasteiger partial charge in [-0.2, -0.15) is 0 Å². The van der Waals surface area contributed by atoms with E-state index in [0.29, 0.717) is 0 Å². The Morgan fingerprint density at radius 2 is 1.81 bits per heavy atom. The van der Waals surface area contributed by atoms with Gasteiger partial charge in [-0.1, -0.05) is 42.5 Å². The molecule has 0 heterocycles. The lowest BCUT2D eigenvalue weighted by atomic mass is 10.1. The van der Waals surface area contributed by atoms with Crippen LogP contribution in [0.2, 0.25) is 0 Å². The average Bonchev–Trinajstić information content (AvgIpc) is 2.47. The molecule has 0 radical (unpaired) electrons. The summed E-state index contributed by atoms with van der Waals surface area (Å²) in [5.74, 6) is 0. The lowest BCUT2D eigenvalue weighted by Crippen LogP contribution is -2.21. The van der Waals surface area contributed by atoms with Crippen LogP contribution < -0.4 is 11.1 Å². The maximum Gasteiger partial charge on any atom is 0.0603 e. The summed E-state index contributed by atoms with van der Waals surface area (Å²) in [6.45, 7) is 5.08. The van der Waals surface area contributed by atoms with Crippen molar-refractivity contribution in [2.75, 3.05) is 31.2 Å². The van der Waals surface area contributed by atoms with Gasteiger partial charge in [0.15, 0.2) is 0 Å². The van der Waals surface area contributed by atoms with Gasteiger partial charge in [-0.3, -0.25) is 0 Å². The first-order chi connectivity index (χ1) is 10.2. The lowest BCUT2D eigenvalue weighted by Gasteiger charge is -2.18. The van der Waals surface area contributed by atoms with Crippen LogP contribution in [0, 0.1) is 6.92 Å². The van der Waals surface area contributed by atoms with E-state index < -0.39 is 0 Å². The predicted octanol–water partition coefficient (Wildman–Crippen LogP) is 3.51. The molecule has 0 amide bonds. The molecule has 3 N–H and O–H groups in total. The molecule has 0 saturated carbocycles. The molecule has 2 aromatic carbocycles. The number of hydrogen-bond donors (Lipinski definition) is 2. The number of hydrogen-bond acceptors (Lipinski definition) is 3. The fourth-order valence-electron chi connectivity index (χ4n) is 2.47. The minimum Gasteiger partial charge on any atom is -0.397 e. The highest BCUT2D eigenvalue weighted by Gasteiger charge is 2.03. The molecule has 0 aliphatic carbocycles. The molecule has 0 aliphatic rings. The van der Waals surface area contributed by atoms with Crippen molar-refractivity contribution in [3.63, 3.8) is 0 Å². The largest absolute Gasteiger partial charge is 0.397 e. The Bertz CT molecular complexity index is 531. The van der Waals surface area contributed by atoms with Crippen LogP contribution in [0.15, 0.2) is 48.5 Å². The number of nitrogens with two attached hydrogens (primary N) is 1. The third kappa shape index (κ3) is 4.80. The molecule has 0 aliphatic heterocycles. The van der Waals surface area contributed by atoms with E-state index in [1.54, 1.807) is 0 Å². The van der Waals surface area contributed by atoms with Gasteiger partial charge in [0.1, 0.15) is 0 Å². The highest BCUT2D eigenvalue weighted by Crippen LogP contribution is 2.22. The maximum atomic E-state index is 5.99. The monoisotopic (exact) mass is 283 g/mol. The van der Waals surface area contributed by atoms with E-state index in [1.807, 2.05) is 12.1 Å². The molecular formula is C18H25N3. The molecule has 3 heteroatoms. The maximum absolute atomic E-state index is 5.99. The molecule has 2 rings (SSSR count). The van der Waals surface area contributed by atoms with E-state index in [9.17, 15) is 0 Å². The highest BCUT2D eigenvalue weighted by molar-refractivity contribution is 5.69. The molecule has 21 heavy (non-hydrogen) atoms. The summed E-state index contributed by atoms with van der Waals surface area (Å²) >= 11 is 0. The molecule has 0 aromatic heterocycles. The van der Waals surface area contributed by atoms with Crippen molar-refractivity contribution in [1.82, 2.24) is 4.90 Å². The van der Waals surface area contributed by atoms with Crippen LogP contribution in [0.1, 0.15) is 17.5 Å². The van der Waals surface area contributed by atoms with Crippen LogP contribution >= 0.6 is 0 Å². The van der Waals surface area contributed by atoms with E-state index in [-0.39, 0.29) is 0 Å². The molecule has 0 atom stereocenters. The van der Waals surface area contributed by atoms with Crippen molar-refractivity contribution in [2.45, 2.75) is 19.9 Å². The van der Waals surface area contributed by atoms with E-state index in [0.717, 1.165) is 37.4 Å². The zero-order valence-corrected chi connectivity index (χ0v) is 13.0. The Morgan fingerprint density at radius 3 is 2.52 bits per heavy atom. The summed E-state index contributed by atoms with van der Waals surface area (Å²) in [6.07, 6.45) is 1.09. The zero-order chi connectivity index (χ0) is 15.1. The molecule has 3 nitrogen and oxygen atoms in total. The first kappa shape index (κ1) is 15.4. The van der Waals surface area contributed by atoms with Crippen molar-refractivity contribution < 1.29 is 0 Å². The predicted molar refractivity (Wildman–Crippen MR) is 91.5 cm³/mol. The van der Waals surface area contributed by atoms with Crippen molar-refractivity contribution >= 4 is 11.4 Å². The zero-order valence-electron chi connectivity index (χ0n) is 13.0. The first-order valence-electron chi connectivity index (χ1n) is 7.48. The third-order valence-corrected chi connectivity index (χ3v) is 3.62. The number of nitrogen functional groups attached to an aromatic ring is 1. The molecule has 112 valence electrons. The molecule has 0 bridgehead atoms. The number of benzene rings is 2. The lowest BCUT2D eigenvalue weighted by molar-refractivity contribution is 0.325. The summed E-state index contributed by atoms with van der Waals surface area (Å²) in [5.41, 5.74) is 10.5. The minimum atomic E-state index is 0.827. The van der Waals surface area contributed by atoms with Gasteiger partial charge in [-0.15, -0.1) is 0 Å². The van der Waals surface area contributed by atoms with E-state index >= 15 is 0 Å². The van der Waals surface area contributed by atoms with Gasteiger partial charge >= 0.3 is 0 Å². The number of aryl methyl sites for hydroxylation is 1. The van der Waals surface area contributed by atoms with Crippen LogP contribution in [0.5, 0.6) is 0 Å². The van der Waals surface area contributed by atoms with Crippen molar-refractivity contribution in [3.8, 4) is 0 Å². The summed E-state index contributed by atoms with van der Waals surface area (Å²) < 4.78 is 0. The van der Waals surface area contributed by atoms with Crippen LogP contribution in [0.4, 0.5) is 11.4 Å². The standard InChI is InChI=1S/C18H25N3/c1-15-8-6-11-17(19)18(15)20-12-7-13-21(2)14-16-9-4-3-5-10-16/h3-6,8-11,20H,7,12-14,19H2,1-2H3. The van der Waals surface area contributed by atoms with E-state index in [4.69, 9.17) is 5.73 Å². The smallest absolute Gasteiger partial charge is 0.0603 e. The van der Waals surface area contributed by atoms with Gasteiger partial charge in [0, 0.05) is 13.1 Å². The van der Waals surface area contributed by atoms with Crippen LogP contribution in [0.3, 0.4) is 0 Å².